The second-order valence-corrected chi connectivity index (χ2v) is 7.86. The fourth-order valence-electron chi connectivity index (χ4n) is 4.59. The zero-order valence-corrected chi connectivity index (χ0v) is 16.2. The van der Waals surface area contributed by atoms with Crippen molar-refractivity contribution in [1.82, 2.24) is 0 Å². The molecule has 0 radical (unpaired) electrons. The maximum absolute atomic E-state index is 3.60. The van der Waals surface area contributed by atoms with Gasteiger partial charge in [0.05, 0.1) is 0 Å². The molecule has 6 rings (SSSR count). The molecule has 1 heteroatoms. The van der Waals surface area contributed by atoms with Crippen molar-refractivity contribution >= 4 is 49.8 Å². The molecule has 0 atom stereocenters. The fraction of sp³-hybridized carbons (Fsp3) is 0.0714. The largest absolute Gasteiger partial charge is 0.355 e. The molecule has 0 bridgehead atoms. The molecule has 1 N–H and O–H groups in total. The van der Waals surface area contributed by atoms with Crippen LogP contribution in [0.2, 0.25) is 0 Å². The van der Waals surface area contributed by atoms with Gasteiger partial charge >= 0.3 is 0 Å². The van der Waals surface area contributed by atoms with E-state index in [4.69, 9.17) is 0 Å². The fourth-order valence-corrected chi connectivity index (χ4v) is 4.59. The molecule has 0 aromatic heterocycles. The third-order valence-electron chi connectivity index (χ3n) is 6.05. The summed E-state index contributed by atoms with van der Waals surface area (Å²) in [6.07, 6.45) is 6.86. The first kappa shape index (κ1) is 16.4. The van der Waals surface area contributed by atoms with E-state index < -0.39 is 0 Å². The molecule has 5 aromatic rings. The first-order valence-electron chi connectivity index (χ1n) is 10.3. The standard InChI is InChI=1S/C28H21N/c1-3-7-25-19(5-1)9-11-21-17-23(13-15-27(21)25)29-24-14-16-28-22(18-24)12-10-20-6-2-4-8-26(20)28/h1,3-5,7-18,29H,2,6H2. The van der Waals surface area contributed by atoms with Gasteiger partial charge in [0.25, 0.3) is 0 Å². The number of rotatable bonds is 2. The Morgan fingerprint density at radius 2 is 1.28 bits per heavy atom. The van der Waals surface area contributed by atoms with E-state index in [2.05, 4.69) is 102 Å². The number of hydrogen-bond donors (Lipinski definition) is 1. The Hall–Kier alpha value is -3.58. The van der Waals surface area contributed by atoms with Gasteiger partial charge in [0.1, 0.15) is 0 Å². The first-order valence-corrected chi connectivity index (χ1v) is 10.3. The summed E-state index contributed by atoms with van der Waals surface area (Å²) in [6.45, 7) is 0. The Labute approximate surface area is 170 Å². The zero-order chi connectivity index (χ0) is 19.2. The Morgan fingerprint density at radius 3 is 2.17 bits per heavy atom. The van der Waals surface area contributed by atoms with E-state index in [-0.39, 0.29) is 0 Å². The molecule has 0 fully saturated rings. The van der Waals surface area contributed by atoms with Crippen molar-refractivity contribution in [3.8, 4) is 0 Å². The number of nitrogens with one attached hydrogen (secondary N) is 1. The van der Waals surface area contributed by atoms with Crippen LogP contribution >= 0.6 is 0 Å². The Balaban J connectivity index is 1.39. The number of allylic oxidation sites excluding steroid dienone is 1. The van der Waals surface area contributed by atoms with Gasteiger partial charge in [0, 0.05) is 11.4 Å². The number of hydrogen-bond acceptors (Lipinski definition) is 1. The first-order chi connectivity index (χ1) is 14.3. The minimum Gasteiger partial charge on any atom is -0.355 e. The highest BCUT2D eigenvalue weighted by Gasteiger charge is 2.09. The zero-order valence-electron chi connectivity index (χ0n) is 16.2. The van der Waals surface area contributed by atoms with Crippen molar-refractivity contribution in [2.45, 2.75) is 12.8 Å². The SMILES string of the molecule is C1=Cc2c(ccc3cc(Nc4ccc5c(ccc6ccccc65)c4)ccc23)CC1. The highest BCUT2D eigenvalue weighted by molar-refractivity contribution is 6.08. The number of aryl methyl sites for hydroxylation is 1. The average molecular weight is 371 g/mol. The predicted molar refractivity (Wildman–Crippen MR) is 126 cm³/mol. The van der Waals surface area contributed by atoms with E-state index in [1.54, 1.807) is 0 Å². The van der Waals surface area contributed by atoms with E-state index >= 15 is 0 Å². The smallest absolute Gasteiger partial charge is 0.0390 e. The monoisotopic (exact) mass is 371 g/mol. The lowest BCUT2D eigenvalue weighted by Gasteiger charge is -2.15. The predicted octanol–water partition coefficient (Wildman–Crippen LogP) is 7.85. The molecule has 0 aliphatic heterocycles. The van der Waals surface area contributed by atoms with E-state index in [1.165, 1.54) is 43.4 Å². The van der Waals surface area contributed by atoms with Gasteiger partial charge < -0.3 is 5.32 Å². The van der Waals surface area contributed by atoms with Gasteiger partial charge in [-0.15, -0.1) is 0 Å². The lowest BCUT2D eigenvalue weighted by Crippen LogP contribution is -1.96. The molecule has 0 spiro atoms. The Bertz CT molecular complexity index is 1430. The van der Waals surface area contributed by atoms with Crippen LogP contribution in [0.5, 0.6) is 0 Å². The van der Waals surface area contributed by atoms with E-state index in [0.717, 1.165) is 24.2 Å². The quantitative estimate of drug-likeness (QED) is 0.312. The second kappa shape index (κ2) is 6.49. The highest BCUT2D eigenvalue weighted by atomic mass is 14.9. The van der Waals surface area contributed by atoms with Gasteiger partial charge in [-0.1, -0.05) is 72.8 Å². The van der Waals surface area contributed by atoms with Crippen LogP contribution in [0.15, 0.2) is 91.0 Å². The van der Waals surface area contributed by atoms with Crippen LogP contribution in [0.1, 0.15) is 17.5 Å². The molecule has 5 aromatic carbocycles. The Kier molecular flexibility index (Phi) is 3.67. The van der Waals surface area contributed by atoms with Gasteiger partial charge in [-0.25, -0.2) is 0 Å². The molecular formula is C28H21N. The number of anilines is 2. The molecule has 29 heavy (non-hydrogen) atoms. The average Bonchev–Trinajstić information content (AvgIpc) is 2.78. The van der Waals surface area contributed by atoms with Crippen LogP contribution in [-0.2, 0) is 6.42 Å². The summed E-state index contributed by atoms with van der Waals surface area (Å²) < 4.78 is 0. The van der Waals surface area contributed by atoms with Gasteiger partial charge in [-0.3, -0.25) is 0 Å². The summed E-state index contributed by atoms with van der Waals surface area (Å²) in [5.74, 6) is 0. The second-order valence-electron chi connectivity index (χ2n) is 7.86. The molecule has 0 amide bonds. The molecular weight excluding hydrogens is 350 g/mol. The maximum Gasteiger partial charge on any atom is 0.0390 e. The van der Waals surface area contributed by atoms with Crippen LogP contribution in [-0.4, -0.2) is 0 Å². The summed E-state index contributed by atoms with van der Waals surface area (Å²) in [6, 6.07) is 30.9. The van der Waals surface area contributed by atoms with Crippen LogP contribution in [0.25, 0.3) is 38.4 Å². The molecule has 0 saturated carbocycles. The van der Waals surface area contributed by atoms with Crippen LogP contribution in [0.4, 0.5) is 11.4 Å². The Morgan fingerprint density at radius 1 is 0.586 bits per heavy atom. The third-order valence-corrected chi connectivity index (χ3v) is 6.05. The van der Waals surface area contributed by atoms with Crippen molar-refractivity contribution in [3.63, 3.8) is 0 Å². The normalized spacial score (nSPS) is 13.1. The summed E-state index contributed by atoms with van der Waals surface area (Å²) in [5, 5.41) is 11.4. The van der Waals surface area contributed by atoms with Crippen LogP contribution < -0.4 is 5.32 Å². The molecule has 0 saturated heterocycles. The van der Waals surface area contributed by atoms with E-state index in [1.807, 2.05) is 0 Å². The van der Waals surface area contributed by atoms with Crippen molar-refractivity contribution in [2.24, 2.45) is 0 Å². The summed E-state index contributed by atoms with van der Waals surface area (Å²) in [4.78, 5) is 0. The highest BCUT2D eigenvalue weighted by Crippen LogP contribution is 2.32. The molecule has 138 valence electrons. The van der Waals surface area contributed by atoms with Crippen LogP contribution in [0.3, 0.4) is 0 Å². The topological polar surface area (TPSA) is 12.0 Å². The summed E-state index contributed by atoms with van der Waals surface area (Å²) >= 11 is 0. The maximum atomic E-state index is 3.60. The number of fused-ring (bicyclic) bond motifs is 6. The summed E-state index contributed by atoms with van der Waals surface area (Å²) in [7, 11) is 0. The van der Waals surface area contributed by atoms with Gasteiger partial charge in [-0.2, -0.15) is 0 Å². The molecule has 0 heterocycles. The van der Waals surface area contributed by atoms with Crippen LogP contribution in [0, 0.1) is 0 Å². The molecule has 1 aliphatic carbocycles. The summed E-state index contributed by atoms with van der Waals surface area (Å²) in [5.41, 5.74) is 5.09. The van der Waals surface area contributed by atoms with Gasteiger partial charge in [0.2, 0.25) is 0 Å². The lowest BCUT2D eigenvalue weighted by atomic mass is 9.92. The molecule has 0 unspecified atom stereocenters. The van der Waals surface area contributed by atoms with Crippen molar-refractivity contribution in [1.29, 1.82) is 0 Å². The van der Waals surface area contributed by atoms with E-state index in [9.17, 15) is 0 Å². The third kappa shape index (κ3) is 2.78. The lowest BCUT2D eigenvalue weighted by molar-refractivity contribution is 0.990. The number of benzene rings is 5. The van der Waals surface area contributed by atoms with E-state index in [0.29, 0.717) is 0 Å². The van der Waals surface area contributed by atoms with Gasteiger partial charge in [0.15, 0.2) is 0 Å². The minimum absolute atomic E-state index is 1.12. The molecule has 1 nitrogen and oxygen atoms in total. The van der Waals surface area contributed by atoms with Crippen molar-refractivity contribution in [2.75, 3.05) is 5.32 Å². The van der Waals surface area contributed by atoms with Gasteiger partial charge in [-0.05, 0) is 80.6 Å². The minimum atomic E-state index is 1.12. The van der Waals surface area contributed by atoms with Crippen molar-refractivity contribution in [3.05, 3.63) is 102 Å². The molecule has 1 aliphatic rings. The van der Waals surface area contributed by atoms with Crippen molar-refractivity contribution < 1.29 is 0 Å².